The zero-order valence-electron chi connectivity index (χ0n) is 30.8. The molecule has 0 bridgehead atoms. The number of nitrogen functional groups attached to an aromatic ring is 1. The number of nitrogens with zero attached hydrogens (tertiary/aromatic N) is 6. The summed E-state index contributed by atoms with van der Waals surface area (Å²) in [4.78, 5) is 61.5. The van der Waals surface area contributed by atoms with Crippen LogP contribution in [0.3, 0.4) is 0 Å². The van der Waals surface area contributed by atoms with Crippen molar-refractivity contribution in [1.29, 1.82) is 0 Å². The van der Waals surface area contributed by atoms with Crippen molar-refractivity contribution in [3.63, 3.8) is 0 Å². The first kappa shape index (κ1) is 38.4. The molecular weight excluding hydrogens is 698 g/mol. The van der Waals surface area contributed by atoms with Crippen LogP contribution in [0.1, 0.15) is 79.8 Å². The van der Waals surface area contributed by atoms with E-state index in [2.05, 4.69) is 25.7 Å². The molecule has 1 atom stereocenters. The van der Waals surface area contributed by atoms with Crippen molar-refractivity contribution in [2.45, 2.75) is 60.3 Å². The molecule has 3 heterocycles. The standard InChI is InChI=1S/C36H43N11O7/c1-7-24-31(54-20(5)41-24)35(52)40-19(4)45(29-23(37)14-21(32(38)49)17-28(29)53-6)11-9-10-12-46-30-25(15-22(33(39)50)16-27(30)48)42-36(46)43-34(51)26-13-18(3)44-47(26)8-2/h9-10,13-17,19,48H,7-8,11-12,37H2,1-6H3,(H2,38,49)(H2,39,50)(H,40,52)(H,42,43,51)/b10-9+. The second-order valence-corrected chi connectivity index (χ2v) is 12.3. The van der Waals surface area contributed by atoms with Crippen LogP contribution < -0.4 is 37.5 Å². The van der Waals surface area contributed by atoms with Crippen LogP contribution in [-0.2, 0) is 19.5 Å². The summed E-state index contributed by atoms with van der Waals surface area (Å²) in [7, 11) is 1.41. The maximum absolute atomic E-state index is 13.5. The molecule has 1 unspecified atom stereocenters. The lowest BCUT2D eigenvalue weighted by Gasteiger charge is -2.33. The van der Waals surface area contributed by atoms with E-state index in [-0.39, 0.29) is 64.1 Å². The van der Waals surface area contributed by atoms with Crippen LogP contribution in [0, 0.1) is 13.8 Å². The van der Waals surface area contributed by atoms with Crippen LogP contribution in [0.15, 0.2) is 46.9 Å². The Morgan fingerprint density at radius 3 is 2.37 bits per heavy atom. The molecule has 284 valence electrons. The Kier molecular flexibility index (Phi) is 11.2. The molecule has 5 aromatic rings. The summed E-state index contributed by atoms with van der Waals surface area (Å²) in [6.07, 6.45) is 3.25. The number of aromatic nitrogens is 5. The SMILES string of the molecule is CCc1nc(C)oc1C(=O)NC(C)N(C/C=C/Cn1c(NC(=O)c2cc(C)nn2CC)nc2cc(C(N)=O)cc(O)c21)c1c(N)cc(C(N)=O)cc1OC. The molecule has 3 aromatic heterocycles. The number of phenolic OH excluding ortho intramolecular Hbond substituents is 1. The largest absolute Gasteiger partial charge is 0.506 e. The molecule has 0 aliphatic heterocycles. The first-order valence-electron chi connectivity index (χ1n) is 17.0. The number of fused-ring (bicyclic) bond motifs is 1. The topological polar surface area (TPSA) is 265 Å². The van der Waals surface area contributed by atoms with Gasteiger partial charge in [-0.2, -0.15) is 5.10 Å². The van der Waals surface area contributed by atoms with Gasteiger partial charge < -0.3 is 46.2 Å². The Labute approximate surface area is 309 Å². The van der Waals surface area contributed by atoms with Crippen molar-refractivity contribution in [3.05, 3.63) is 82.3 Å². The fourth-order valence-corrected chi connectivity index (χ4v) is 6.06. The molecule has 4 amide bonds. The summed E-state index contributed by atoms with van der Waals surface area (Å²) in [5, 5.41) is 21.1. The number of methoxy groups -OCH3 is 1. The Morgan fingerprint density at radius 1 is 1.02 bits per heavy atom. The van der Waals surface area contributed by atoms with Crippen LogP contribution >= 0.6 is 0 Å². The van der Waals surface area contributed by atoms with Gasteiger partial charge in [0, 0.05) is 37.7 Å². The third-order valence-corrected chi connectivity index (χ3v) is 8.57. The maximum Gasteiger partial charge on any atom is 0.290 e. The van der Waals surface area contributed by atoms with Crippen molar-refractivity contribution in [2.75, 3.05) is 29.6 Å². The lowest BCUT2D eigenvalue weighted by atomic mass is 10.1. The van der Waals surface area contributed by atoms with Gasteiger partial charge in [0.1, 0.15) is 28.4 Å². The van der Waals surface area contributed by atoms with Crippen molar-refractivity contribution in [1.82, 2.24) is 29.6 Å². The van der Waals surface area contributed by atoms with Crippen molar-refractivity contribution >= 4 is 52.0 Å². The molecule has 54 heavy (non-hydrogen) atoms. The number of benzene rings is 2. The van der Waals surface area contributed by atoms with Crippen molar-refractivity contribution in [3.8, 4) is 11.5 Å². The molecule has 0 radical (unpaired) electrons. The number of allylic oxidation sites excluding steroid dienone is 1. The molecule has 9 N–H and O–H groups in total. The van der Waals surface area contributed by atoms with Gasteiger partial charge in [0.15, 0.2) is 5.89 Å². The van der Waals surface area contributed by atoms with Crippen LogP contribution in [-0.4, -0.2) is 72.9 Å². The van der Waals surface area contributed by atoms with Gasteiger partial charge in [0.25, 0.3) is 11.8 Å². The van der Waals surface area contributed by atoms with Gasteiger partial charge in [-0.25, -0.2) is 9.97 Å². The number of nitrogens with one attached hydrogen (secondary N) is 2. The van der Waals surface area contributed by atoms with Crippen LogP contribution in [0.2, 0.25) is 0 Å². The number of aryl methyl sites for hydroxylation is 4. The molecule has 0 aliphatic carbocycles. The zero-order valence-corrected chi connectivity index (χ0v) is 30.8. The van der Waals surface area contributed by atoms with Gasteiger partial charge in [0.2, 0.25) is 23.5 Å². The highest BCUT2D eigenvalue weighted by atomic mass is 16.5. The molecule has 0 saturated carbocycles. The number of rotatable bonds is 15. The zero-order chi connectivity index (χ0) is 39.4. The molecular formula is C36H43N11O7. The van der Waals surface area contributed by atoms with Crippen LogP contribution in [0.4, 0.5) is 17.3 Å². The number of carbonyl (C=O) groups is 4. The molecule has 0 saturated heterocycles. The van der Waals surface area contributed by atoms with Gasteiger partial charge in [0.05, 0.1) is 35.9 Å². The Bertz CT molecular complexity index is 2290. The van der Waals surface area contributed by atoms with E-state index in [0.29, 0.717) is 41.6 Å². The summed E-state index contributed by atoms with van der Waals surface area (Å²) in [5.41, 5.74) is 20.1. The van der Waals surface area contributed by atoms with Gasteiger partial charge >= 0.3 is 0 Å². The third kappa shape index (κ3) is 7.81. The van der Waals surface area contributed by atoms with Crippen molar-refractivity contribution in [2.24, 2.45) is 11.5 Å². The number of oxazole rings is 1. The van der Waals surface area contributed by atoms with E-state index < -0.39 is 29.8 Å². The van der Waals surface area contributed by atoms with E-state index in [0.717, 1.165) is 0 Å². The van der Waals surface area contributed by atoms with Crippen LogP contribution in [0.5, 0.6) is 11.5 Å². The number of imidazole rings is 1. The second kappa shape index (κ2) is 15.8. The fourth-order valence-electron chi connectivity index (χ4n) is 6.06. The average molecular weight is 742 g/mol. The highest BCUT2D eigenvalue weighted by Gasteiger charge is 2.26. The highest BCUT2D eigenvalue weighted by molar-refractivity contribution is 6.04. The summed E-state index contributed by atoms with van der Waals surface area (Å²) < 4.78 is 14.3. The van der Waals surface area contributed by atoms with E-state index >= 15 is 0 Å². The van der Waals surface area contributed by atoms with E-state index in [1.54, 1.807) is 53.1 Å². The smallest absolute Gasteiger partial charge is 0.290 e. The molecule has 0 fully saturated rings. The molecule has 0 aliphatic rings. The summed E-state index contributed by atoms with van der Waals surface area (Å²) in [6.45, 7) is 9.51. The first-order chi connectivity index (χ1) is 25.7. The Morgan fingerprint density at radius 2 is 1.72 bits per heavy atom. The van der Waals surface area contributed by atoms with E-state index in [4.69, 9.17) is 26.4 Å². The first-order valence-corrected chi connectivity index (χ1v) is 17.0. The highest BCUT2D eigenvalue weighted by Crippen LogP contribution is 2.37. The molecule has 2 aromatic carbocycles. The summed E-state index contributed by atoms with van der Waals surface area (Å²) in [5.74, 6) is -2.00. The van der Waals surface area contributed by atoms with E-state index in [1.807, 2.05) is 13.8 Å². The van der Waals surface area contributed by atoms with Gasteiger partial charge in [-0.3, -0.25) is 29.2 Å². The lowest BCUT2D eigenvalue weighted by Crippen LogP contribution is -2.47. The summed E-state index contributed by atoms with van der Waals surface area (Å²) in [6, 6.07) is 7.17. The summed E-state index contributed by atoms with van der Waals surface area (Å²) >= 11 is 0. The average Bonchev–Trinajstić information content (AvgIpc) is 3.81. The Balaban J connectivity index is 1.51. The monoisotopic (exact) mass is 741 g/mol. The predicted octanol–water partition coefficient (Wildman–Crippen LogP) is 3.01. The van der Waals surface area contributed by atoms with Crippen LogP contribution in [0.25, 0.3) is 11.0 Å². The van der Waals surface area contributed by atoms with Gasteiger partial charge in [-0.05, 0) is 57.5 Å². The number of ether oxygens (including phenoxy) is 1. The van der Waals surface area contributed by atoms with E-state index in [1.165, 1.54) is 31.4 Å². The number of primary amides is 2. The lowest BCUT2D eigenvalue weighted by molar-refractivity contribution is 0.0907. The minimum atomic E-state index is -0.765. The van der Waals surface area contributed by atoms with E-state index in [9.17, 15) is 24.3 Å². The number of phenols is 1. The number of hydrogen-bond donors (Lipinski definition) is 6. The van der Waals surface area contributed by atoms with Crippen molar-refractivity contribution < 1.29 is 33.4 Å². The van der Waals surface area contributed by atoms with Gasteiger partial charge in [-0.15, -0.1) is 0 Å². The molecule has 5 rings (SSSR count). The number of anilines is 3. The molecule has 18 nitrogen and oxygen atoms in total. The molecule has 0 spiro atoms. The number of hydrogen-bond acceptors (Lipinski definition) is 12. The minimum Gasteiger partial charge on any atom is -0.506 e. The number of nitrogens with two attached hydrogens (primary N) is 3. The Hall–Kier alpha value is -6.85. The quantitative estimate of drug-likeness (QED) is 0.0514. The third-order valence-electron chi connectivity index (χ3n) is 8.57. The number of aromatic hydroxyl groups is 1. The number of amides is 4. The normalized spacial score (nSPS) is 11.9. The predicted molar refractivity (Wildman–Crippen MR) is 200 cm³/mol. The van der Waals surface area contributed by atoms with Gasteiger partial charge in [-0.1, -0.05) is 19.1 Å². The molecule has 18 heteroatoms. The number of carbonyl (C=O) groups excluding carboxylic acids is 4. The fraction of sp³-hybridized carbons (Fsp3) is 0.306. The second-order valence-electron chi connectivity index (χ2n) is 12.3. The maximum atomic E-state index is 13.5. The minimum absolute atomic E-state index is 0.0323.